The van der Waals surface area contributed by atoms with E-state index in [1.807, 2.05) is 0 Å². The molecular weight excluding hydrogens is 489 g/mol. The molecule has 3 amide bonds. The molecule has 9 nitrogen and oxygen atoms in total. The van der Waals surface area contributed by atoms with Gasteiger partial charge in [0.1, 0.15) is 23.9 Å². The first-order valence-electron chi connectivity index (χ1n) is 9.56. The van der Waals surface area contributed by atoms with Crippen molar-refractivity contribution in [2.24, 2.45) is 0 Å². The fraction of sp³-hybridized carbons (Fsp3) is 0.0455. The van der Waals surface area contributed by atoms with Crippen LogP contribution in [0.25, 0.3) is 17.4 Å². The highest BCUT2D eigenvalue weighted by Gasteiger charge is 2.36. The number of benzene rings is 2. The van der Waals surface area contributed by atoms with E-state index in [-0.39, 0.29) is 38.4 Å². The quantitative estimate of drug-likeness (QED) is 0.275. The summed E-state index contributed by atoms with van der Waals surface area (Å²) in [4.78, 5) is 48.4. The van der Waals surface area contributed by atoms with Gasteiger partial charge in [-0.15, -0.1) is 0 Å². The molecule has 1 fully saturated rings. The molecule has 0 saturated carbocycles. The van der Waals surface area contributed by atoms with Gasteiger partial charge in [0.25, 0.3) is 16.8 Å². The number of hydrogen-bond acceptors (Lipinski definition) is 7. The van der Waals surface area contributed by atoms with Crippen molar-refractivity contribution in [3.05, 3.63) is 86.2 Å². The number of nitrogens with one attached hydrogen (secondary N) is 1. The molecule has 1 aliphatic heterocycles. The van der Waals surface area contributed by atoms with Gasteiger partial charge < -0.3 is 9.73 Å². The highest BCUT2D eigenvalue weighted by molar-refractivity contribution is 8.18. The van der Waals surface area contributed by atoms with Crippen molar-refractivity contribution in [2.75, 3.05) is 11.9 Å². The van der Waals surface area contributed by atoms with Gasteiger partial charge in [-0.2, -0.15) is 0 Å². The third-order valence-corrected chi connectivity index (χ3v) is 5.85. The van der Waals surface area contributed by atoms with Crippen LogP contribution in [-0.2, 0) is 9.59 Å². The minimum Gasteiger partial charge on any atom is -0.457 e. The number of imide groups is 1. The molecule has 3 aromatic rings. The lowest BCUT2D eigenvalue weighted by Crippen LogP contribution is -2.36. The van der Waals surface area contributed by atoms with Crippen molar-refractivity contribution < 1.29 is 28.1 Å². The molecule has 172 valence electrons. The smallest absolute Gasteiger partial charge is 0.294 e. The molecule has 1 aliphatic rings. The highest BCUT2D eigenvalue weighted by atomic mass is 35.5. The Morgan fingerprint density at radius 2 is 2.00 bits per heavy atom. The number of halogens is 2. The number of amides is 3. The maximum Gasteiger partial charge on any atom is 0.294 e. The van der Waals surface area contributed by atoms with E-state index in [0.717, 1.165) is 11.0 Å². The molecule has 0 atom stereocenters. The van der Waals surface area contributed by atoms with Crippen molar-refractivity contribution in [1.29, 1.82) is 0 Å². The van der Waals surface area contributed by atoms with Crippen molar-refractivity contribution in [2.45, 2.75) is 0 Å². The highest BCUT2D eigenvalue weighted by Crippen LogP contribution is 2.35. The van der Waals surface area contributed by atoms with E-state index in [2.05, 4.69) is 5.32 Å². The molecule has 0 spiro atoms. The van der Waals surface area contributed by atoms with Gasteiger partial charge in [0.2, 0.25) is 5.91 Å². The number of thioether (sulfide) groups is 1. The third kappa shape index (κ3) is 5.00. The van der Waals surface area contributed by atoms with Gasteiger partial charge in [-0.1, -0.05) is 17.7 Å². The standard InChI is InChI=1S/C22H13ClFN3O6S/c23-17-6-4-14(27(31)32)9-16(17)18-7-5-15(33-18)10-19-21(29)26(22(30)34-19)11-20(28)25-13-3-1-2-12(24)8-13/h1-10H,11H2,(H,25,28)/b19-10+. The second-order valence-corrected chi connectivity index (χ2v) is 8.35. The number of anilines is 1. The SMILES string of the molecule is O=C(CN1C(=O)S/C(=C/c2ccc(-c3cc([N+](=O)[O-])ccc3Cl)o2)C1=O)Nc1cccc(F)c1. The third-order valence-electron chi connectivity index (χ3n) is 4.61. The summed E-state index contributed by atoms with van der Waals surface area (Å²) in [7, 11) is 0. The van der Waals surface area contributed by atoms with Crippen molar-refractivity contribution in [1.82, 2.24) is 4.90 Å². The molecule has 1 N–H and O–H groups in total. The van der Waals surface area contributed by atoms with Crippen molar-refractivity contribution in [3.63, 3.8) is 0 Å². The molecule has 1 saturated heterocycles. The average Bonchev–Trinajstić information content (AvgIpc) is 3.34. The second-order valence-electron chi connectivity index (χ2n) is 6.95. The minimum absolute atomic E-state index is 0.0228. The van der Waals surface area contributed by atoms with Gasteiger partial charge in [-0.25, -0.2) is 4.39 Å². The fourth-order valence-corrected chi connectivity index (χ4v) is 4.10. The minimum atomic E-state index is -0.698. The molecule has 0 unspecified atom stereocenters. The lowest BCUT2D eigenvalue weighted by atomic mass is 10.1. The maximum absolute atomic E-state index is 13.3. The average molecular weight is 502 g/mol. The number of nitro groups is 1. The Hall–Kier alpha value is -3.96. The number of hydrogen-bond donors (Lipinski definition) is 1. The van der Waals surface area contributed by atoms with E-state index in [9.17, 15) is 28.9 Å². The molecule has 2 aromatic carbocycles. The first-order valence-corrected chi connectivity index (χ1v) is 10.8. The predicted octanol–water partition coefficient (Wildman–Crippen LogP) is 5.32. The number of furan rings is 1. The molecule has 0 bridgehead atoms. The lowest BCUT2D eigenvalue weighted by molar-refractivity contribution is -0.384. The van der Waals surface area contributed by atoms with Crippen LogP contribution in [0.3, 0.4) is 0 Å². The summed E-state index contributed by atoms with van der Waals surface area (Å²) in [5.41, 5.74) is 0.308. The molecular formula is C22H13ClFN3O6S. The van der Waals surface area contributed by atoms with Gasteiger partial charge >= 0.3 is 0 Å². The van der Waals surface area contributed by atoms with E-state index in [4.69, 9.17) is 16.0 Å². The van der Waals surface area contributed by atoms with Crippen LogP contribution >= 0.6 is 23.4 Å². The van der Waals surface area contributed by atoms with E-state index in [0.29, 0.717) is 11.8 Å². The number of nitro benzene ring substituents is 1. The molecule has 0 aliphatic carbocycles. The van der Waals surface area contributed by atoms with Gasteiger partial charge in [0.15, 0.2) is 0 Å². The molecule has 4 rings (SSSR count). The van der Waals surface area contributed by atoms with E-state index in [1.54, 1.807) is 0 Å². The summed E-state index contributed by atoms with van der Waals surface area (Å²) >= 11 is 6.75. The van der Waals surface area contributed by atoms with Gasteiger partial charge in [-0.05, 0) is 48.2 Å². The summed E-state index contributed by atoms with van der Waals surface area (Å²) in [6, 6.07) is 12.1. The Morgan fingerprint density at radius 3 is 2.74 bits per heavy atom. The zero-order chi connectivity index (χ0) is 24.4. The molecule has 1 aromatic heterocycles. The second kappa shape index (κ2) is 9.49. The Kier molecular flexibility index (Phi) is 6.48. The van der Waals surface area contributed by atoms with Crippen LogP contribution < -0.4 is 5.32 Å². The van der Waals surface area contributed by atoms with Crippen LogP contribution in [0.1, 0.15) is 5.76 Å². The Labute approximate surface area is 200 Å². The van der Waals surface area contributed by atoms with Crippen LogP contribution in [0.5, 0.6) is 0 Å². The zero-order valence-corrected chi connectivity index (χ0v) is 18.6. The largest absolute Gasteiger partial charge is 0.457 e. The first-order chi connectivity index (χ1) is 16.2. The van der Waals surface area contributed by atoms with Gasteiger partial charge in [0, 0.05) is 29.5 Å². The van der Waals surface area contributed by atoms with Crippen molar-refractivity contribution in [3.8, 4) is 11.3 Å². The summed E-state index contributed by atoms with van der Waals surface area (Å²) in [5.74, 6) is -1.48. The summed E-state index contributed by atoms with van der Waals surface area (Å²) in [6.45, 7) is -0.550. The number of nitrogens with zero attached hydrogens (tertiary/aromatic N) is 2. The van der Waals surface area contributed by atoms with Crippen LogP contribution in [0.2, 0.25) is 5.02 Å². The summed E-state index contributed by atoms with van der Waals surface area (Å²) in [6.07, 6.45) is 1.32. The van der Waals surface area contributed by atoms with E-state index >= 15 is 0 Å². The van der Waals surface area contributed by atoms with Crippen LogP contribution in [0, 0.1) is 15.9 Å². The van der Waals surface area contributed by atoms with Crippen LogP contribution in [0.4, 0.5) is 20.6 Å². The van der Waals surface area contributed by atoms with Gasteiger partial charge in [0.05, 0.1) is 14.9 Å². The number of carbonyl (C=O) groups is 3. The maximum atomic E-state index is 13.3. The first kappa shape index (κ1) is 23.2. The molecule has 12 heteroatoms. The Bertz CT molecular complexity index is 1370. The van der Waals surface area contributed by atoms with Gasteiger partial charge in [-0.3, -0.25) is 29.4 Å². The Balaban J connectivity index is 1.49. The fourth-order valence-electron chi connectivity index (χ4n) is 3.07. The summed E-state index contributed by atoms with van der Waals surface area (Å²) in [5, 5.41) is 13.0. The topological polar surface area (TPSA) is 123 Å². The van der Waals surface area contributed by atoms with E-state index in [1.165, 1.54) is 54.6 Å². The summed E-state index contributed by atoms with van der Waals surface area (Å²) < 4.78 is 18.9. The predicted molar refractivity (Wildman–Crippen MR) is 124 cm³/mol. The van der Waals surface area contributed by atoms with Crippen LogP contribution in [0.15, 0.2) is 63.9 Å². The monoisotopic (exact) mass is 501 g/mol. The number of carbonyl (C=O) groups excluding carboxylic acids is 3. The Morgan fingerprint density at radius 1 is 1.21 bits per heavy atom. The number of non-ortho nitro benzene ring substituents is 1. The molecule has 2 heterocycles. The normalized spacial score (nSPS) is 14.6. The molecule has 34 heavy (non-hydrogen) atoms. The van der Waals surface area contributed by atoms with E-state index < -0.39 is 34.3 Å². The van der Waals surface area contributed by atoms with Crippen molar-refractivity contribution >= 4 is 57.9 Å². The number of rotatable bonds is 6. The molecule has 0 radical (unpaired) electrons. The lowest BCUT2D eigenvalue weighted by Gasteiger charge is -2.12. The zero-order valence-electron chi connectivity index (χ0n) is 17.0. The van der Waals surface area contributed by atoms with Crippen LogP contribution in [-0.4, -0.2) is 33.4 Å².